The second kappa shape index (κ2) is 6.42. The minimum Gasteiger partial charge on any atom is -0.497 e. The van der Waals surface area contributed by atoms with E-state index < -0.39 is 5.97 Å². The molecule has 0 atom stereocenters. The third-order valence-electron chi connectivity index (χ3n) is 2.77. The highest BCUT2D eigenvalue weighted by atomic mass is 32.2. The number of carboxylic acid groups (broad SMARTS) is 1. The van der Waals surface area contributed by atoms with Crippen LogP contribution in [0.15, 0.2) is 29.4 Å². The van der Waals surface area contributed by atoms with Gasteiger partial charge >= 0.3 is 5.97 Å². The van der Waals surface area contributed by atoms with Crippen molar-refractivity contribution in [1.29, 1.82) is 0 Å². The molecular formula is C13H15N3O3S. The molecule has 7 heteroatoms. The van der Waals surface area contributed by atoms with Crippen LogP contribution in [0, 0.1) is 0 Å². The summed E-state index contributed by atoms with van der Waals surface area (Å²) >= 11 is 1.16. The zero-order valence-corrected chi connectivity index (χ0v) is 12.1. The van der Waals surface area contributed by atoms with Crippen molar-refractivity contribution in [3.63, 3.8) is 0 Å². The number of aromatic nitrogens is 3. The number of benzene rings is 1. The summed E-state index contributed by atoms with van der Waals surface area (Å²) in [6.07, 6.45) is 0.640. The van der Waals surface area contributed by atoms with Crippen LogP contribution in [0.2, 0.25) is 0 Å². The fourth-order valence-electron chi connectivity index (χ4n) is 1.68. The molecule has 1 aromatic carbocycles. The van der Waals surface area contributed by atoms with Gasteiger partial charge in [-0.15, -0.1) is 10.2 Å². The highest BCUT2D eigenvalue weighted by molar-refractivity contribution is 7.99. The Kier molecular flexibility index (Phi) is 4.62. The maximum absolute atomic E-state index is 10.6. The molecule has 106 valence electrons. The topological polar surface area (TPSA) is 77.2 Å². The number of hydrogen-bond donors (Lipinski definition) is 1. The Labute approximate surface area is 120 Å². The maximum Gasteiger partial charge on any atom is 0.313 e. The van der Waals surface area contributed by atoms with Gasteiger partial charge in [-0.25, -0.2) is 0 Å². The first kappa shape index (κ1) is 14.4. The maximum atomic E-state index is 10.6. The van der Waals surface area contributed by atoms with E-state index in [1.165, 1.54) is 0 Å². The SMILES string of the molecule is COc1ccc(Cc2nnc(SCC(=O)O)n2C)cc1. The third kappa shape index (κ3) is 3.51. The van der Waals surface area contributed by atoms with Gasteiger partial charge in [0.15, 0.2) is 5.16 Å². The molecular weight excluding hydrogens is 278 g/mol. The average Bonchev–Trinajstić information content (AvgIpc) is 2.78. The molecule has 1 aromatic heterocycles. The standard InChI is InChI=1S/C13H15N3O3S/c1-16-11(14-15-13(16)20-8-12(17)18)7-9-3-5-10(19-2)6-4-9/h3-6H,7-8H2,1-2H3,(H,17,18). The van der Waals surface area contributed by atoms with Gasteiger partial charge in [0.05, 0.1) is 12.9 Å². The van der Waals surface area contributed by atoms with Crippen molar-refractivity contribution in [2.45, 2.75) is 11.6 Å². The monoisotopic (exact) mass is 293 g/mol. The lowest BCUT2D eigenvalue weighted by atomic mass is 10.1. The van der Waals surface area contributed by atoms with Crippen LogP contribution in [-0.4, -0.2) is 38.7 Å². The summed E-state index contributed by atoms with van der Waals surface area (Å²) in [5.74, 6) is 0.719. The van der Waals surface area contributed by atoms with Crippen LogP contribution in [0.3, 0.4) is 0 Å². The predicted molar refractivity (Wildman–Crippen MR) is 75.2 cm³/mol. The first-order valence-corrected chi connectivity index (χ1v) is 6.94. The van der Waals surface area contributed by atoms with Crippen LogP contribution in [0.1, 0.15) is 11.4 Å². The largest absolute Gasteiger partial charge is 0.497 e. The second-order valence-electron chi connectivity index (χ2n) is 4.17. The summed E-state index contributed by atoms with van der Waals surface area (Å²) < 4.78 is 6.93. The second-order valence-corrected chi connectivity index (χ2v) is 5.11. The molecule has 0 spiro atoms. The molecule has 0 radical (unpaired) electrons. The van der Waals surface area contributed by atoms with Gasteiger partial charge in [-0.3, -0.25) is 4.79 Å². The normalized spacial score (nSPS) is 10.5. The van der Waals surface area contributed by atoms with Crippen molar-refractivity contribution in [2.75, 3.05) is 12.9 Å². The van der Waals surface area contributed by atoms with Crippen molar-refractivity contribution in [2.24, 2.45) is 7.05 Å². The van der Waals surface area contributed by atoms with E-state index in [1.54, 1.807) is 7.11 Å². The Morgan fingerprint density at radius 3 is 2.65 bits per heavy atom. The van der Waals surface area contributed by atoms with Crippen LogP contribution < -0.4 is 4.74 Å². The van der Waals surface area contributed by atoms with Gasteiger partial charge in [-0.05, 0) is 17.7 Å². The molecule has 1 heterocycles. The van der Waals surface area contributed by atoms with E-state index >= 15 is 0 Å². The van der Waals surface area contributed by atoms with Crippen LogP contribution in [0.25, 0.3) is 0 Å². The van der Waals surface area contributed by atoms with Crippen molar-refractivity contribution >= 4 is 17.7 Å². The van der Waals surface area contributed by atoms with Gasteiger partial charge < -0.3 is 14.4 Å². The summed E-state index contributed by atoms with van der Waals surface area (Å²) in [6.45, 7) is 0. The molecule has 0 amide bonds. The number of carbonyl (C=O) groups is 1. The molecule has 20 heavy (non-hydrogen) atoms. The Morgan fingerprint density at radius 1 is 1.35 bits per heavy atom. The molecule has 0 aliphatic heterocycles. The molecule has 0 bridgehead atoms. The Hall–Kier alpha value is -2.02. The molecule has 2 aromatic rings. The molecule has 0 unspecified atom stereocenters. The number of aliphatic carboxylic acids is 1. The Balaban J connectivity index is 2.07. The van der Waals surface area contributed by atoms with Crippen LogP contribution in [0.5, 0.6) is 5.75 Å². The minimum atomic E-state index is -0.866. The summed E-state index contributed by atoms with van der Waals surface area (Å²) in [7, 11) is 3.46. The summed E-state index contributed by atoms with van der Waals surface area (Å²) in [5.41, 5.74) is 1.09. The molecule has 1 N–H and O–H groups in total. The van der Waals surface area contributed by atoms with Crippen LogP contribution in [-0.2, 0) is 18.3 Å². The lowest BCUT2D eigenvalue weighted by molar-refractivity contribution is -0.133. The van der Waals surface area contributed by atoms with E-state index in [0.717, 1.165) is 28.9 Å². The molecule has 0 aliphatic carbocycles. The van der Waals surface area contributed by atoms with E-state index in [0.29, 0.717) is 11.6 Å². The summed E-state index contributed by atoms with van der Waals surface area (Å²) in [4.78, 5) is 10.6. The number of hydrogen-bond acceptors (Lipinski definition) is 5. The fraction of sp³-hybridized carbons (Fsp3) is 0.308. The lowest BCUT2D eigenvalue weighted by Gasteiger charge is -2.04. The molecule has 2 rings (SSSR count). The van der Waals surface area contributed by atoms with Crippen molar-refractivity contribution in [3.05, 3.63) is 35.7 Å². The van der Waals surface area contributed by atoms with E-state index in [1.807, 2.05) is 35.9 Å². The van der Waals surface area contributed by atoms with E-state index in [4.69, 9.17) is 9.84 Å². The molecule has 6 nitrogen and oxygen atoms in total. The number of nitrogens with zero attached hydrogens (tertiary/aromatic N) is 3. The van der Waals surface area contributed by atoms with E-state index in [-0.39, 0.29) is 5.75 Å². The summed E-state index contributed by atoms with van der Waals surface area (Å²) in [6, 6.07) is 7.73. The first-order valence-electron chi connectivity index (χ1n) is 5.96. The average molecular weight is 293 g/mol. The number of ether oxygens (including phenoxy) is 1. The highest BCUT2D eigenvalue weighted by Gasteiger charge is 2.11. The molecule has 0 aliphatic rings. The predicted octanol–water partition coefficient (Wildman–Crippen LogP) is 1.59. The number of thioether (sulfide) groups is 1. The van der Waals surface area contributed by atoms with Gasteiger partial charge in [-0.1, -0.05) is 23.9 Å². The minimum absolute atomic E-state index is 0.0193. The van der Waals surface area contributed by atoms with E-state index in [2.05, 4.69) is 10.2 Å². The van der Waals surface area contributed by atoms with E-state index in [9.17, 15) is 4.79 Å². The number of rotatable bonds is 6. The van der Waals surface area contributed by atoms with Gasteiger partial charge in [0.2, 0.25) is 0 Å². The van der Waals surface area contributed by atoms with Crippen LogP contribution in [0.4, 0.5) is 0 Å². The van der Waals surface area contributed by atoms with Gasteiger partial charge in [-0.2, -0.15) is 0 Å². The van der Waals surface area contributed by atoms with Crippen molar-refractivity contribution in [1.82, 2.24) is 14.8 Å². The Morgan fingerprint density at radius 2 is 2.05 bits per heavy atom. The van der Waals surface area contributed by atoms with Gasteiger partial charge in [0.1, 0.15) is 11.6 Å². The van der Waals surface area contributed by atoms with Crippen molar-refractivity contribution in [3.8, 4) is 5.75 Å². The first-order chi connectivity index (χ1) is 9.60. The fourth-order valence-corrected chi connectivity index (χ4v) is 2.33. The number of methoxy groups -OCH3 is 1. The molecule has 0 saturated heterocycles. The zero-order valence-electron chi connectivity index (χ0n) is 11.2. The lowest BCUT2D eigenvalue weighted by Crippen LogP contribution is -2.03. The van der Waals surface area contributed by atoms with Crippen molar-refractivity contribution < 1.29 is 14.6 Å². The number of carboxylic acids is 1. The zero-order chi connectivity index (χ0) is 14.5. The summed E-state index contributed by atoms with van der Waals surface area (Å²) in [5, 5.41) is 17.4. The smallest absolute Gasteiger partial charge is 0.313 e. The van der Waals surface area contributed by atoms with Gasteiger partial charge in [0.25, 0.3) is 0 Å². The molecule has 0 saturated carbocycles. The van der Waals surface area contributed by atoms with Gasteiger partial charge in [0, 0.05) is 13.5 Å². The highest BCUT2D eigenvalue weighted by Crippen LogP contribution is 2.18. The van der Waals surface area contributed by atoms with Crippen LogP contribution >= 0.6 is 11.8 Å². The molecule has 0 fully saturated rings. The quantitative estimate of drug-likeness (QED) is 0.815. The Bertz CT molecular complexity index is 595. The third-order valence-corrected chi connectivity index (χ3v) is 3.78.